The zero-order valence-electron chi connectivity index (χ0n) is 19.3. The van der Waals surface area contributed by atoms with Crippen molar-refractivity contribution in [3.05, 3.63) is 21.7 Å². The lowest BCUT2D eigenvalue weighted by Gasteiger charge is -2.30. The van der Waals surface area contributed by atoms with Crippen molar-refractivity contribution in [1.82, 2.24) is 4.98 Å². The number of aryl methyl sites for hydroxylation is 1. The molecule has 30 heavy (non-hydrogen) atoms. The van der Waals surface area contributed by atoms with Crippen molar-refractivity contribution in [3.8, 4) is 5.19 Å². The van der Waals surface area contributed by atoms with Gasteiger partial charge >= 0.3 is 5.97 Å². The number of benzene rings is 1. The zero-order chi connectivity index (χ0) is 22.7. The molecular formula is C23H34BrNO4S. The number of unbranched alkanes of at least 4 members (excludes halogenated alkanes) is 1. The van der Waals surface area contributed by atoms with E-state index in [9.17, 15) is 4.79 Å². The summed E-state index contributed by atoms with van der Waals surface area (Å²) in [6.07, 6.45) is 1.68. The minimum Gasteiger partial charge on any atom is -0.470 e. The number of nitrogens with zero attached hydrogens (tertiary/aromatic N) is 1. The van der Waals surface area contributed by atoms with E-state index in [4.69, 9.17) is 14.2 Å². The number of carbonyl (C=O) groups excluding carboxylic acids is 1. The van der Waals surface area contributed by atoms with Crippen LogP contribution in [-0.2, 0) is 14.3 Å². The Hall–Kier alpha value is -1.18. The third-order valence-corrected chi connectivity index (χ3v) is 6.45. The molecule has 0 aliphatic rings. The highest BCUT2D eigenvalue weighted by Crippen LogP contribution is 2.41. The van der Waals surface area contributed by atoms with E-state index >= 15 is 0 Å². The zero-order valence-corrected chi connectivity index (χ0v) is 21.8. The molecule has 0 unspecified atom stereocenters. The van der Waals surface area contributed by atoms with Gasteiger partial charge in [-0.1, -0.05) is 24.7 Å². The number of fused-ring (bicyclic) bond motifs is 1. The van der Waals surface area contributed by atoms with Crippen LogP contribution in [0.1, 0.15) is 78.5 Å². The second kappa shape index (κ2) is 9.96. The third-order valence-electron chi connectivity index (χ3n) is 4.37. The number of hydrogen-bond acceptors (Lipinski definition) is 6. The fourth-order valence-corrected chi connectivity index (χ4v) is 4.76. The van der Waals surface area contributed by atoms with Gasteiger partial charge in [0.15, 0.2) is 0 Å². The summed E-state index contributed by atoms with van der Waals surface area (Å²) in [5.74, 6) is -0.246. The van der Waals surface area contributed by atoms with E-state index in [0.717, 1.165) is 38.7 Å². The summed E-state index contributed by atoms with van der Waals surface area (Å²) in [5, 5.41) is 0.670. The highest BCUT2D eigenvalue weighted by Gasteiger charge is 2.30. The summed E-state index contributed by atoms with van der Waals surface area (Å²) in [6.45, 7) is 16.5. The van der Waals surface area contributed by atoms with E-state index in [-0.39, 0.29) is 12.6 Å². The quantitative estimate of drug-likeness (QED) is 0.289. The molecule has 1 aromatic carbocycles. The van der Waals surface area contributed by atoms with Gasteiger partial charge in [0.2, 0.25) is 0 Å². The first-order valence-corrected chi connectivity index (χ1v) is 12.0. The third kappa shape index (κ3) is 6.66. The minimum atomic E-state index is -0.565. The van der Waals surface area contributed by atoms with Gasteiger partial charge in [-0.15, -0.1) is 0 Å². The van der Waals surface area contributed by atoms with Crippen LogP contribution < -0.4 is 4.74 Å². The molecule has 5 nitrogen and oxygen atoms in total. The van der Waals surface area contributed by atoms with Crippen molar-refractivity contribution >= 4 is 43.5 Å². The van der Waals surface area contributed by atoms with Gasteiger partial charge in [-0.2, -0.15) is 0 Å². The molecule has 0 saturated heterocycles. The predicted molar refractivity (Wildman–Crippen MR) is 126 cm³/mol. The number of thiazole rings is 1. The molecule has 0 aliphatic heterocycles. The van der Waals surface area contributed by atoms with E-state index in [1.54, 1.807) is 0 Å². The van der Waals surface area contributed by atoms with Gasteiger partial charge in [-0.05, 0) is 82.4 Å². The minimum absolute atomic E-state index is 0.150. The summed E-state index contributed by atoms with van der Waals surface area (Å²) < 4.78 is 19.7. The molecule has 0 aliphatic carbocycles. The Bertz CT molecular complexity index is 880. The average molecular weight is 500 g/mol. The lowest BCUT2D eigenvalue weighted by molar-refractivity contribution is -0.162. The second-order valence-corrected chi connectivity index (χ2v) is 11.3. The second-order valence-electron chi connectivity index (χ2n) is 9.52. The first-order valence-electron chi connectivity index (χ1n) is 10.4. The summed E-state index contributed by atoms with van der Waals surface area (Å²) in [6, 6.07) is 2.04. The molecule has 2 aromatic rings. The first-order chi connectivity index (χ1) is 13.8. The van der Waals surface area contributed by atoms with Crippen molar-refractivity contribution in [2.75, 3.05) is 13.2 Å². The SMILES string of the molecule is CCCCOc1nc2cc(C)c([C@@H](COC(=O)C(C)(C)C)OC(C)(C)C)c(Br)c2s1. The van der Waals surface area contributed by atoms with Crippen LogP contribution in [0, 0.1) is 12.3 Å². The summed E-state index contributed by atoms with van der Waals surface area (Å²) >= 11 is 5.29. The molecule has 0 bridgehead atoms. The number of aromatic nitrogens is 1. The van der Waals surface area contributed by atoms with Gasteiger partial charge in [0.05, 0.1) is 27.8 Å². The van der Waals surface area contributed by atoms with Crippen LogP contribution in [0.3, 0.4) is 0 Å². The maximum Gasteiger partial charge on any atom is 0.311 e. The van der Waals surface area contributed by atoms with E-state index in [0.29, 0.717) is 11.8 Å². The molecule has 0 N–H and O–H groups in total. The largest absolute Gasteiger partial charge is 0.470 e. The van der Waals surface area contributed by atoms with Crippen LogP contribution in [0.5, 0.6) is 5.19 Å². The van der Waals surface area contributed by atoms with Gasteiger partial charge < -0.3 is 14.2 Å². The van der Waals surface area contributed by atoms with Crippen LogP contribution >= 0.6 is 27.3 Å². The van der Waals surface area contributed by atoms with E-state index in [1.165, 1.54) is 11.3 Å². The molecule has 1 atom stereocenters. The smallest absolute Gasteiger partial charge is 0.311 e. The first kappa shape index (κ1) is 25.1. The van der Waals surface area contributed by atoms with Gasteiger partial charge in [0.25, 0.3) is 5.19 Å². The molecule has 1 aromatic heterocycles. The Morgan fingerprint density at radius 3 is 2.47 bits per heavy atom. The Balaban J connectivity index is 2.40. The molecule has 7 heteroatoms. The van der Waals surface area contributed by atoms with Gasteiger partial charge in [-0.3, -0.25) is 4.79 Å². The maximum absolute atomic E-state index is 12.4. The van der Waals surface area contributed by atoms with Crippen molar-refractivity contribution < 1.29 is 19.0 Å². The molecule has 0 spiro atoms. The lowest BCUT2D eigenvalue weighted by atomic mass is 9.97. The highest BCUT2D eigenvalue weighted by molar-refractivity contribution is 9.10. The van der Waals surface area contributed by atoms with Crippen LogP contribution in [0.4, 0.5) is 0 Å². The fraction of sp³-hybridized carbons (Fsp3) is 0.652. The molecule has 0 saturated carbocycles. The van der Waals surface area contributed by atoms with E-state index in [2.05, 4.69) is 27.8 Å². The number of hydrogen-bond donors (Lipinski definition) is 0. The Morgan fingerprint density at radius 1 is 1.23 bits per heavy atom. The summed E-state index contributed by atoms with van der Waals surface area (Å²) in [5.41, 5.74) is 1.93. The Labute approximate surface area is 192 Å². The van der Waals surface area contributed by atoms with Crippen molar-refractivity contribution in [2.45, 2.75) is 79.9 Å². The topological polar surface area (TPSA) is 57.7 Å². The monoisotopic (exact) mass is 499 g/mol. The van der Waals surface area contributed by atoms with Crippen LogP contribution in [0.15, 0.2) is 10.5 Å². The average Bonchev–Trinajstić information content (AvgIpc) is 3.00. The Morgan fingerprint density at radius 2 is 1.90 bits per heavy atom. The number of rotatable bonds is 8. The molecule has 2 rings (SSSR count). The molecule has 0 amide bonds. The molecule has 1 heterocycles. The van der Waals surface area contributed by atoms with Crippen LogP contribution in [-0.4, -0.2) is 29.8 Å². The maximum atomic E-state index is 12.4. The molecule has 0 fully saturated rings. The molecule has 0 radical (unpaired) electrons. The number of esters is 1. The molecular weight excluding hydrogens is 466 g/mol. The standard InChI is InChI=1S/C23H34BrNO4S/c1-9-10-11-27-21-25-15-12-14(2)17(18(24)19(15)30-21)16(29-23(6,7)8)13-28-20(26)22(3,4)5/h12,16H,9-11,13H2,1-8H3/t16-/m1/s1. The number of ether oxygens (including phenoxy) is 3. The number of halogens is 1. The van der Waals surface area contributed by atoms with Crippen LogP contribution in [0.25, 0.3) is 10.2 Å². The van der Waals surface area contributed by atoms with Crippen LogP contribution in [0.2, 0.25) is 0 Å². The van der Waals surface area contributed by atoms with Crippen molar-refractivity contribution in [1.29, 1.82) is 0 Å². The molecule has 168 valence electrons. The van der Waals surface area contributed by atoms with Crippen molar-refractivity contribution in [3.63, 3.8) is 0 Å². The van der Waals surface area contributed by atoms with Crippen molar-refractivity contribution in [2.24, 2.45) is 5.41 Å². The van der Waals surface area contributed by atoms with E-state index in [1.807, 2.05) is 54.5 Å². The predicted octanol–water partition coefficient (Wildman–Crippen LogP) is 6.99. The number of carbonyl (C=O) groups is 1. The van der Waals surface area contributed by atoms with E-state index < -0.39 is 17.1 Å². The fourth-order valence-electron chi connectivity index (χ4n) is 2.88. The lowest BCUT2D eigenvalue weighted by Crippen LogP contribution is -2.29. The van der Waals surface area contributed by atoms with Gasteiger partial charge in [0, 0.05) is 10.0 Å². The highest BCUT2D eigenvalue weighted by atomic mass is 79.9. The summed E-state index contributed by atoms with van der Waals surface area (Å²) in [7, 11) is 0. The summed E-state index contributed by atoms with van der Waals surface area (Å²) in [4.78, 5) is 17.0. The van der Waals surface area contributed by atoms with Gasteiger partial charge in [0.1, 0.15) is 12.7 Å². The van der Waals surface area contributed by atoms with Gasteiger partial charge in [-0.25, -0.2) is 4.98 Å². The normalized spacial score (nSPS) is 13.5. The Kier molecular flexibility index (Phi) is 8.33.